The average Bonchev–Trinajstić information content (AvgIpc) is 2.98. The van der Waals surface area contributed by atoms with E-state index < -0.39 is 12.1 Å². The van der Waals surface area contributed by atoms with Gasteiger partial charge in [0.2, 0.25) is 0 Å². The molecule has 7 heteroatoms. The van der Waals surface area contributed by atoms with E-state index >= 15 is 0 Å². The lowest BCUT2D eigenvalue weighted by Crippen LogP contribution is -2.31. The van der Waals surface area contributed by atoms with Gasteiger partial charge in [0, 0.05) is 18.2 Å². The van der Waals surface area contributed by atoms with Crippen LogP contribution in [0.25, 0.3) is 17.0 Å². The van der Waals surface area contributed by atoms with Gasteiger partial charge in [-0.2, -0.15) is 0 Å². The molecule has 0 bridgehead atoms. The maximum absolute atomic E-state index is 12.4. The Labute approximate surface area is 229 Å². The molecule has 0 spiro atoms. The first kappa shape index (κ1) is 27.4. The molecule has 1 atom stereocenters. The molecular formula is C32H32N2O5. The molecule has 3 aromatic carbocycles. The van der Waals surface area contributed by atoms with Crippen molar-refractivity contribution in [3.05, 3.63) is 121 Å². The molecule has 200 valence electrons. The zero-order valence-electron chi connectivity index (χ0n) is 21.9. The number of nitrogens with one attached hydrogen (secondary N) is 1. The molecule has 0 aliphatic heterocycles. The van der Waals surface area contributed by atoms with E-state index in [9.17, 15) is 4.79 Å². The van der Waals surface area contributed by atoms with Crippen molar-refractivity contribution >= 4 is 11.7 Å². The van der Waals surface area contributed by atoms with Gasteiger partial charge in [0.15, 0.2) is 6.10 Å². The smallest absolute Gasteiger partial charge is 0.347 e. The molecule has 0 saturated heterocycles. The predicted molar refractivity (Wildman–Crippen MR) is 151 cm³/mol. The Morgan fingerprint density at radius 1 is 0.872 bits per heavy atom. The van der Waals surface area contributed by atoms with Crippen LogP contribution in [-0.4, -0.2) is 36.9 Å². The van der Waals surface area contributed by atoms with E-state index in [1.165, 1.54) is 0 Å². The van der Waals surface area contributed by atoms with Gasteiger partial charge in [-0.15, -0.1) is 0 Å². The van der Waals surface area contributed by atoms with Crippen molar-refractivity contribution in [3.63, 3.8) is 0 Å². The molecule has 1 heterocycles. The average molecular weight is 525 g/mol. The number of hydrogen-bond acceptors (Lipinski definition) is 7. The number of hydrogen-bond donors (Lipinski definition) is 1. The van der Waals surface area contributed by atoms with Crippen LogP contribution >= 0.6 is 0 Å². The highest BCUT2D eigenvalue weighted by Crippen LogP contribution is 2.20. The highest BCUT2D eigenvalue weighted by Gasteiger charge is 2.22. The van der Waals surface area contributed by atoms with Gasteiger partial charge >= 0.3 is 5.97 Å². The van der Waals surface area contributed by atoms with Crippen molar-refractivity contribution in [2.45, 2.75) is 19.4 Å². The Morgan fingerprint density at radius 3 is 2.31 bits per heavy atom. The molecule has 0 aliphatic rings. The Balaban J connectivity index is 1.20. The molecule has 4 aromatic rings. The van der Waals surface area contributed by atoms with Crippen LogP contribution in [0, 0.1) is 0 Å². The van der Waals surface area contributed by atoms with Gasteiger partial charge in [-0.1, -0.05) is 67.2 Å². The summed E-state index contributed by atoms with van der Waals surface area (Å²) in [6.07, 6.45) is 1.42. The minimum Gasteiger partial charge on any atom is -0.491 e. The summed E-state index contributed by atoms with van der Waals surface area (Å²) in [5.74, 6) is 0.924. The highest BCUT2D eigenvalue weighted by molar-refractivity contribution is 5.75. The second kappa shape index (κ2) is 14.4. The Hall–Kier alpha value is -4.62. The van der Waals surface area contributed by atoms with Crippen LogP contribution in [0.1, 0.15) is 18.1 Å². The summed E-state index contributed by atoms with van der Waals surface area (Å²) < 4.78 is 16.9. The summed E-state index contributed by atoms with van der Waals surface area (Å²) in [6.45, 7) is 6.77. The van der Waals surface area contributed by atoms with Gasteiger partial charge in [0.1, 0.15) is 24.7 Å². The largest absolute Gasteiger partial charge is 0.491 e. The van der Waals surface area contributed by atoms with Crippen LogP contribution < -0.4 is 15.0 Å². The number of esters is 1. The number of carbonyl (C=O) groups excluding carboxylic acids is 1. The molecule has 0 saturated carbocycles. The fraction of sp³-hybridized carbons (Fsp3) is 0.188. The molecule has 0 aliphatic carbocycles. The van der Waals surface area contributed by atoms with Crippen molar-refractivity contribution in [2.75, 3.05) is 19.8 Å². The second-order valence-corrected chi connectivity index (χ2v) is 8.59. The van der Waals surface area contributed by atoms with Crippen molar-refractivity contribution in [1.29, 1.82) is 0 Å². The molecule has 4 rings (SSSR count). The fourth-order valence-corrected chi connectivity index (χ4v) is 3.78. The summed E-state index contributed by atoms with van der Waals surface area (Å²) in [7, 11) is 0. The molecule has 1 N–H and O–H groups in total. The topological polar surface area (TPSA) is 78.9 Å². The zero-order valence-corrected chi connectivity index (χ0v) is 21.9. The summed E-state index contributed by atoms with van der Waals surface area (Å²) in [5, 5.41) is 0. The van der Waals surface area contributed by atoms with Crippen molar-refractivity contribution in [1.82, 2.24) is 10.5 Å². The Morgan fingerprint density at radius 2 is 1.62 bits per heavy atom. The fourth-order valence-electron chi connectivity index (χ4n) is 3.78. The first-order chi connectivity index (χ1) is 19.1. The Kier molecular flexibility index (Phi) is 10.1. The van der Waals surface area contributed by atoms with E-state index in [1.54, 1.807) is 13.1 Å². The van der Waals surface area contributed by atoms with Crippen molar-refractivity contribution in [2.24, 2.45) is 0 Å². The van der Waals surface area contributed by atoms with E-state index in [2.05, 4.69) is 17.0 Å². The molecular weight excluding hydrogens is 492 g/mol. The molecule has 1 aromatic heterocycles. The van der Waals surface area contributed by atoms with Crippen LogP contribution in [0.2, 0.25) is 0 Å². The zero-order chi connectivity index (χ0) is 27.3. The normalized spacial score (nSPS) is 11.3. The first-order valence-corrected chi connectivity index (χ1v) is 12.8. The maximum atomic E-state index is 12.4. The van der Waals surface area contributed by atoms with E-state index in [0.29, 0.717) is 43.4 Å². The summed E-state index contributed by atoms with van der Waals surface area (Å²) in [4.78, 5) is 22.3. The number of carbonyl (C=O) groups is 1. The van der Waals surface area contributed by atoms with Gasteiger partial charge in [-0.25, -0.2) is 4.79 Å². The monoisotopic (exact) mass is 524 g/mol. The third-order valence-electron chi connectivity index (χ3n) is 5.76. The van der Waals surface area contributed by atoms with Crippen LogP contribution in [0.4, 0.5) is 0 Å². The van der Waals surface area contributed by atoms with Gasteiger partial charge in [-0.05, 0) is 54.4 Å². The highest BCUT2D eigenvalue weighted by atomic mass is 16.7. The standard InChI is InChI=1S/C32H32N2O5/c1-3-36-32(35)31(39-29-9-5-4-6-10-29)23-25-12-18-28(19-13-25)37-21-22-38-34-24(2)26-14-16-27(17-15-26)30-11-7-8-20-33-30/h4-20,31,34H,2-3,21-23H2,1H3. The number of hydroxylamine groups is 1. The predicted octanol–water partition coefficient (Wildman–Crippen LogP) is 5.87. The van der Waals surface area contributed by atoms with Crippen molar-refractivity contribution < 1.29 is 23.8 Å². The lowest BCUT2D eigenvalue weighted by Gasteiger charge is -2.18. The molecule has 39 heavy (non-hydrogen) atoms. The third kappa shape index (κ3) is 8.45. The summed E-state index contributed by atoms with van der Waals surface area (Å²) in [5.41, 5.74) is 7.33. The Bertz CT molecular complexity index is 1310. The third-order valence-corrected chi connectivity index (χ3v) is 5.76. The van der Waals surface area contributed by atoms with Crippen molar-refractivity contribution in [3.8, 4) is 22.8 Å². The number of pyridine rings is 1. The molecule has 0 radical (unpaired) electrons. The minimum atomic E-state index is -0.738. The van der Waals surface area contributed by atoms with E-state index in [-0.39, 0.29) is 0 Å². The lowest BCUT2D eigenvalue weighted by molar-refractivity contribution is -0.151. The van der Waals surface area contributed by atoms with E-state index in [0.717, 1.165) is 22.4 Å². The number of para-hydroxylation sites is 1. The van der Waals surface area contributed by atoms with Gasteiger partial charge in [-0.3, -0.25) is 15.3 Å². The van der Waals surface area contributed by atoms with Crippen LogP contribution in [-0.2, 0) is 20.8 Å². The summed E-state index contributed by atoms with van der Waals surface area (Å²) in [6, 6.07) is 30.5. The SMILES string of the molecule is C=C(NOCCOc1ccc(CC(Oc2ccccc2)C(=O)OCC)cc1)c1ccc(-c2ccccn2)cc1. The van der Waals surface area contributed by atoms with Gasteiger partial charge in [0.25, 0.3) is 0 Å². The van der Waals surface area contributed by atoms with Crippen LogP contribution in [0.5, 0.6) is 11.5 Å². The van der Waals surface area contributed by atoms with E-state index in [4.69, 9.17) is 19.0 Å². The molecule has 7 nitrogen and oxygen atoms in total. The number of ether oxygens (including phenoxy) is 3. The maximum Gasteiger partial charge on any atom is 0.347 e. The van der Waals surface area contributed by atoms with Gasteiger partial charge < -0.3 is 14.2 Å². The number of aromatic nitrogens is 1. The quantitative estimate of drug-likeness (QED) is 0.126. The van der Waals surface area contributed by atoms with Crippen LogP contribution in [0.3, 0.4) is 0 Å². The number of rotatable bonds is 14. The first-order valence-electron chi connectivity index (χ1n) is 12.8. The van der Waals surface area contributed by atoms with Crippen LogP contribution in [0.15, 0.2) is 110 Å². The lowest BCUT2D eigenvalue weighted by atomic mass is 10.1. The molecule has 0 amide bonds. The number of nitrogens with zero attached hydrogens (tertiary/aromatic N) is 1. The summed E-state index contributed by atoms with van der Waals surface area (Å²) >= 11 is 0. The molecule has 1 unspecified atom stereocenters. The van der Waals surface area contributed by atoms with Gasteiger partial charge in [0.05, 0.1) is 18.0 Å². The second-order valence-electron chi connectivity index (χ2n) is 8.59. The van der Waals surface area contributed by atoms with E-state index in [1.807, 2.05) is 97.1 Å². The minimum absolute atomic E-state index is 0.294. The molecule has 0 fully saturated rings. The number of benzene rings is 3.